The molecule has 0 aliphatic carbocycles. The van der Waals surface area contributed by atoms with Crippen molar-refractivity contribution >= 4 is 5.82 Å². The Labute approximate surface area is 102 Å². The zero-order valence-electron chi connectivity index (χ0n) is 10.3. The van der Waals surface area contributed by atoms with E-state index in [0.717, 1.165) is 44.2 Å². The molecule has 1 aliphatic rings. The first-order valence-corrected chi connectivity index (χ1v) is 6.29. The Balaban J connectivity index is 1.88. The van der Waals surface area contributed by atoms with Gasteiger partial charge in [0.1, 0.15) is 0 Å². The van der Waals surface area contributed by atoms with Gasteiger partial charge in [-0.1, -0.05) is 0 Å². The van der Waals surface area contributed by atoms with Crippen LogP contribution >= 0.6 is 0 Å². The minimum absolute atomic E-state index is 0.664. The van der Waals surface area contributed by atoms with E-state index in [-0.39, 0.29) is 0 Å². The monoisotopic (exact) mass is 236 g/mol. The summed E-state index contributed by atoms with van der Waals surface area (Å²) in [5.41, 5.74) is 0. The maximum absolute atomic E-state index is 5.53. The van der Waals surface area contributed by atoms with Gasteiger partial charge in [0.25, 0.3) is 0 Å². The molecule has 1 fully saturated rings. The third-order valence-electron chi connectivity index (χ3n) is 2.97. The topological polar surface area (TPSA) is 43.4 Å². The summed E-state index contributed by atoms with van der Waals surface area (Å²) in [4.78, 5) is 4.31. The molecule has 0 bridgehead atoms. The third kappa shape index (κ3) is 3.60. The molecule has 1 N–H and O–H groups in total. The van der Waals surface area contributed by atoms with Gasteiger partial charge in [0.15, 0.2) is 11.6 Å². The fraction of sp³-hybridized carbons (Fsp3) is 0.615. The van der Waals surface area contributed by atoms with Gasteiger partial charge in [0.2, 0.25) is 0 Å². The molecule has 0 saturated carbocycles. The van der Waals surface area contributed by atoms with Gasteiger partial charge >= 0.3 is 0 Å². The number of nitrogens with zero attached hydrogens (tertiary/aromatic N) is 1. The number of anilines is 1. The lowest BCUT2D eigenvalue weighted by molar-refractivity contribution is 0.0699. The van der Waals surface area contributed by atoms with E-state index in [9.17, 15) is 0 Å². The molecule has 94 valence electrons. The molecule has 2 heterocycles. The molecule has 0 aromatic carbocycles. The average molecular weight is 236 g/mol. The quantitative estimate of drug-likeness (QED) is 0.852. The molecule has 0 unspecified atom stereocenters. The van der Waals surface area contributed by atoms with E-state index in [2.05, 4.69) is 10.3 Å². The van der Waals surface area contributed by atoms with E-state index in [1.54, 1.807) is 6.20 Å². The third-order valence-corrected chi connectivity index (χ3v) is 2.97. The van der Waals surface area contributed by atoms with Crippen LogP contribution in [0.3, 0.4) is 0 Å². The van der Waals surface area contributed by atoms with Crippen LogP contribution < -0.4 is 10.1 Å². The number of aromatic nitrogens is 1. The van der Waals surface area contributed by atoms with Crippen molar-refractivity contribution < 1.29 is 9.47 Å². The predicted octanol–water partition coefficient (Wildman–Crippen LogP) is 2.32. The normalized spacial score (nSPS) is 16.8. The smallest absolute Gasteiger partial charge is 0.168 e. The van der Waals surface area contributed by atoms with Crippen molar-refractivity contribution in [3.05, 3.63) is 18.3 Å². The second-order valence-electron chi connectivity index (χ2n) is 4.22. The number of hydrogen-bond donors (Lipinski definition) is 1. The molecule has 0 atom stereocenters. The molecular weight excluding hydrogens is 216 g/mol. The Bertz CT molecular complexity index is 338. The maximum atomic E-state index is 5.53. The van der Waals surface area contributed by atoms with Crippen molar-refractivity contribution in [2.24, 2.45) is 5.92 Å². The Morgan fingerprint density at radius 3 is 3.06 bits per heavy atom. The highest BCUT2D eigenvalue weighted by Crippen LogP contribution is 2.22. The van der Waals surface area contributed by atoms with E-state index < -0.39 is 0 Å². The summed E-state index contributed by atoms with van der Waals surface area (Å²) in [5, 5.41) is 3.38. The summed E-state index contributed by atoms with van der Waals surface area (Å²) in [7, 11) is 0. The van der Waals surface area contributed by atoms with Gasteiger partial charge in [-0.2, -0.15) is 0 Å². The van der Waals surface area contributed by atoms with Gasteiger partial charge in [-0.25, -0.2) is 4.98 Å². The number of rotatable bonds is 5. The Morgan fingerprint density at radius 2 is 2.29 bits per heavy atom. The van der Waals surface area contributed by atoms with Crippen LogP contribution in [0.5, 0.6) is 5.75 Å². The number of pyridine rings is 1. The molecule has 1 aromatic rings. The lowest BCUT2D eigenvalue weighted by Gasteiger charge is -2.22. The predicted molar refractivity (Wildman–Crippen MR) is 67.4 cm³/mol. The highest BCUT2D eigenvalue weighted by atomic mass is 16.5. The van der Waals surface area contributed by atoms with Crippen LogP contribution in [0.1, 0.15) is 19.8 Å². The molecule has 0 radical (unpaired) electrons. The summed E-state index contributed by atoms with van der Waals surface area (Å²) < 4.78 is 10.9. The number of nitrogens with one attached hydrogen (secondary N) is 1. The van der Waals surface area contributed by atoms with Crippen LogP contribution in [-0.2, 0) is 4.74 Å². The van der Waals surface area contributed by atoms with Gasteiger partial charge in [0, 0.05) is 26.0 Å². The van der Waals surface area contributed by atoms with Crippen LogP contribution in [0, 0.1) is 5.92 Å². The fourth-order valence-corrected chi connectivity index (χ4v) is 1.99. The van der Waals surface area contributed by atoms with Crippen LogP contribution in [0.25, 0.3) is 0 Å². The van der Waals surface area contributed by atoms with Crippen molar-refractivity contribution in [2.75, 3.05) is 31.7 Å². The first-order chi connectivity index (χ1) is 8.40. The van der Waals surface area contributed by atoms with Gasteiger partial charge in [-0.15, -0.1) is 0 Å². The molecule has 1 aliphatic heterocycles. The number of ether oxygens (including phenoxy) is 2. The minimum Gasteiger partial charge on any atom is -0.490 e. The molecular formula is C13H20N2O2. The SMILES string of the molecule is CCOc1cccnc1NCC1CCOCC1. The van der Waals surface area contributed by atoms with Crippen molar-refractivity contribution in [1.82, 2.24) is 4.98 Å². The molecule has 17 heavy (non-hydrogen) atoms. The summed E-state index contributed by atoms with van der Waals surface area (Å²) >= 11 is 0. The molecule has 0 spiro atoms. The van der Waals surface area contributed by atoms with E-state index in [0.29, 0.717) is 12.5 Å². The van der Waals surface area contributed by atoms with Crippen molar-refractivity contribution in [3.63, 3.8) is 0 Å². The zero-order chi connectivity index (χ0) is 11.9. The lowest BCUT2D eigenvalue weighted by atomic mass is 10.0. The summed E-state index contributed by atoms with van der Waals surface area (Å²) in [6, 6.07) is 3.84. The fourth-order valence-electron chi connectivity index (χ4n) is 1.99. The largest absolute Gasteiger partial charge is 0.490 e. The van der Waals surface area contributed by atoms with E-state index in [1.165, 1.54) is 0 Å². The van der Waals surface area contributed by atoms with E-state index >= 15 is 0 Å². The first kappa shape index (κ1) is 12.2. The standard InChI is InChI=1S/C13H20N2O2/c1-2-17-12-4-3-7-14-13(12)15-10-11-5-8-16-9-6-11/h3-4,7,11H,2,5-6,8-10H2,1H3,(H,14,15). The summed E-state index contributed by atoms with van der Waals surface area (Å²) in [6.45, 7) is 5.35. The molecule has 0 amide bonds. The highest BCUT2D eigenvalue weighted by molar-refractivity contribution is 5.49. The van der Waals surface area contributed by atoms with Crippen molar-refractivity contribution in [3.8, 4) is 5.75 Å². The van der Waals surface area contributed by atoms with E-state index in [1.807, 2.05) is 19.1 Å². The van der Waals surface area contributed by atoms with Gasteiger partial charge < -0.3 is 14.8 Å². The van der Waals surface area contributed by atoms with Gasteiger partial charge in [0.05, 0.1) is 6.61 Å². The molecule has 1 saturated heterocycles. The summed E-state index contributed by atoms with van der Waals surface area (Å²) in [6.07, 6.45) is 4.04. The molecule has 1 aromatic heterocycles. The molecule has 4 nitrogen and oxygen atoms in total. The Hall–Kier alpha value is -1.29. The van der Waals surface area contributed by atoms with Crippen LogP contribution in [-0.4, -0.2) is 31.3 Å². The second kappa shape index (κ2) is 6.45. The maximum Gasteiger partial charge on any atom is 0.168 e. The lowest BCUT2D eigenvalue weighted by Crippen LogP contribution is -2.23. The van der Waals surface area contributed by atoms with Crippen LogP contribution in [0.4, 0.5) is 5.82 Å². The van der Waals surface area contributed by atoms with Crippen molar-refractivity contribution in [1.29, 1.82) is 0 Å². The zero-order valence-corrected chi connectivity index (χ0v) is 10.3. The summed E-state index contributed by atoms with van der Waals surface area (Å²) in [5.74, 6) is 2.36. The second-order valence-corrected chi connectivity index (χ2v) is 4.22. The molecule has 4 heteroatoms. The minimum atomic E-state index is 0.664. The average Bonchev–Trinajstić information content (AvgIpc) is 2.39. The highest BCUT2D eigenvalue weighted by Gasteiger charge is 2.14. The van der Waals surface area contributed by atoms with Gasteiger partial charge in [-0.3, -0.25) is 0 Å². The van der Waals surface area contributed by atoms with Crippen LogP contribution in [0.15, 0.2) is 18.3 Å². The number of hydrogen-bond acceptors (Lipinski definition) is 4. The van der Waals surface area contributed by atoms with Crippen LogP contribution in [0.2, 0.25) is 0 Å². The van der Waals surface area contributed by atoms with Gasteiger partial charge in [-0.05, 0) is 37.8 Å². The van der Waals surface area contributed by atoms with Crippen molar-refractivity contribution in [2.45, 2.75) is 19.8 Å². The first-order valence-electron chi connectivity index (χ1n) is 6.29. The molecule has 2 rings (SSSR count). The Kier molecular flexibility index (Phi) is 4.62. The Morgan fingerprint density at radius 1 is 1.47 bits per heavy atom. The van der Waals surface area contributed by atoms with E-state index in [4.69, 9.17) is 9.47 Å².